The first-order valence-corrected chi connectivity index (χ1v) is 11.7. The summed E-state index contributed by atoms with van der Waals surface area (Å²) in [6.07, 6.45) is 0. The van der Waals surface area contributed by atoms with Crippen LogP contribution < -0.4 is 0 Å². The topological polar surface area (TPSA) is 68.3 Å². The zero-order valence-electron chi connectivity index (χ0n) is 11.2. The molecule has 0 radical (unpaired) electrons. The zero-order valence-corrected chi connectivity index (χ0v) is 17.3. The maximum atomic E-state index is 10.8. The van der Waals surface area contributed by atoms with Gasteiger partial charge in [-0.3, -0.25) is 0 Å². The highest BCUT2D eigenvalue weighted by Crippen LogP contribution is 2.30. The Morgan fingerprint density at radius 1 is 0.708 bits per heavy atom. The quantitative estimate of drug-likeness (QED) is 0.496. The van der Waals surface area contributed by atoms with Crippen molar-refractivity contribution in [1.29, 1.82) is 0 Å². The molecule has 2 aromatic rings. The van der Waals surface area contributed by atoms with Gasteiger partial charge in [-0.2, -0.15) is 0 Å². The fourth-order valence-corrected chi connectivity index (χ4v) is 4.53. The largest absolute Gasteiger partial charge is 0.262 e. The Hall–Kier alpha value is 0.0800. The van der Waals surface area contributed by atoms with Gasteiger partial charge in [0.05, 0.1) is 14.9 Å². The second-order valence-corrected chi connectivity index (χ2v) is 10.8. The second-order valence-electron chi connectivity index (χ2n) is 4.03. The van der Waals surface area contributed by atoms with Crippen molar-refractivity contribution < 1.29 is 16.8 Å². The zero-order chi connectivity index (χ0) is 18.7. The Bertz CT molecular complexity index is 937. The number of hydrogen-bond acceptors (Lipinski definition) is 4. The lowest BCUT2D eigenvalue weighted by Gasteiger charge is -1.99. The van der Waals surface area contributed by atoms with Gasteiger partial charge >= 0.3 is 0 Å². The lowest BCUT2D eigenvalue weighted by molar-refractivity contribution is 0.608. The lowest BCUT2D eigenvalue weighted by Crippen LogP contribution is -1.91. The van der Waals surface area contributed by atoms with Crippen molar-refractivity contribution in [3.63, 3.8) is 0 Å². The fourth-order valence-electron chi connectivity index (χ4n) is 1.34. The van der Waals surface area contributed by atoms with Crippen LogP contribution >= 0.6 is 67.8 Å². The molecule has 0 heterocycles. The van der Waals surface area contributed by atoms with Crippen molar-refractivity contribution >= 4 is 85.9 Å². The number of hydrogen-bond donors (Lipinski definition) is 0. The van der Waals surface area contributed by atoms with Crippen LogP contribution in [0.5, 0.6) is 0 Å². The van der Waals surface area contributed by atoms with E-state index in [4.69, 9.17) is 67.8 Å². The monoisotopic (exact) mass is 488 g/mol. The molecular weight excluding hydrogens is 485 g/mol. The van der Waals surface area contributed by atoms with Gasteiger partial charge in [0.2, 0.25) is 0 Å². The molecule has 12 heteroatoms. The molecule has 2 rings (SSSR count). The predicted molar refractivity (Wildman–Crippen MR) is 99.0 cm³/mol. The molecule has 4 nitrogen and oxygen atoms in total. The molecular formula is C12H6Cl6O4S2. The van der Waals surface area contributed by atoms with Gasteiger partial charge in [-0.15, -0.1) is 0 Å². The summed E-state index contributed by atoms with van der Waals surface area (Å²) in [6, 6.07) is 8.12. The third-order valence-corrected chi connectivity index (χ3v) is 6.36. The first-order valence-electron chi connectivity index (χ1n) is 5.62. The van der Waals surface area contributed by atoms with Crippen LogP contribution in [0.4, 0.5) is 0 Å². The molecule has 0 amide bonds. The molecule has 2 aromatic carbocycles. The fraction of sp³-hybridized carbons (Fsp3) is 0. The minimum absolute atomic E-state index is 0.0471. The molecule has 0 aliphatic carbocycles. The van der Waals surface area contributed by atoms with Crippen molar-refractivity contribution in [2.75, 3.05) is 0 Å². The second kappa shape index (κ2) is 8.64. The van der Waals surface area contributed by atoms with Crippen molar-refractivity contribution in [3.05, 3.63) is 56.5 Å². The Morgan fingerprint density at radius 2 is 1.21 bits per heavy atom. The SMILES string of the molecule is O=S(=O)(Cl)c1cc(Cl)cc(Cl)c1.O=S(=O)(Cl)c1cccc(Cl)c1Cl. The van der Waals surface area contributed by atoms with Gasteiger partial charge in [-0.25, -0.2) is 16.8 Å². The van der Waals surface area contributed by atoms with Gasteiger partial charge in [-0.1, -0.05) is 52.5 Å². The summed E-state index contributed by atoms with van der Waals surface area (Å²) in [6.45, 7) is 0. The smallest absolute Gasteiger partial charge is 0.207 e. The van der Waals surface area contributed by atoms with Gasteiger partial charge in [0, 0.05) is 31.4 Å². The molecule has 0 N–H and O–H groups in total. The highest BCUT2D eigenvalue weighted by molar-refractivity contribution is 8.14. The Labute approximate surface area is 168 Å². The van der Waals surface area contributed by atoms with E-state index in [0.717, 1.165) is 0 Å². The van der Waals surface area contributed by atoms with E-state index in [9.17, 15) is 16.8 Å². The molecule has 0 aromatic heterocycles. The third kappa shape index (κ3) is 6.77. The minimum Gasteiger partial charge on any atom is -0.207 e. The van der Waals surface area contributed by atoms with Crippen LogP contribution in [-0.4, -0.2) is 16.8 Å². The Kier molecular flexibility index (Phi) is 7.97. The molecule has 24 heavy (non-hydrogen) atoms. The van der Waals surface area contributed by atoms with Crippen molar-refractivity contribution in [1.82, 2.24) is 0 Å². The van der Waals surface area contributed by atoms with E-state index in [1.54, 1.807) is 0 Å². The van der Waals surface area contributed by atoms with Crippen molar-refractivity contribution in [2.45, 2.75) is 9.79 Å². The predicted octanol–water partition coefficient (Wildman–Crippen LogP) is 5.84. The van der Waals surface area contributed by atoms with Gasteiger partial charge in [0.1, 0.15) is 4.90 Å². The maximum absolute atomic E-state index is 10.8. The van der Waals surface area contributed by atoms with Gasteiger partial charge in [-0.05, 0) is 30.3 Å². The molecule has 0 unspecified atom stereocenters. The van der Waals surface area contributed by atoms with E-state index >= 15 is 0 Å². The molecule has 0 saturated heterocycles. The van der Waals surface area contributed by atoms with Crippen LogP contribution in [0.3, 0.4) is 0 Å². The van der Waals surface area contributed by atoms with Crippen LogP contribution in [0.2, 0.25) is 20.1 Å². The first-order chi connectivity index (χ1) is 10.8. The molecule has 0 bridgehead atoms. The van der Waals surface area contributed by atoms with E-state index in [1.807, 2.05) is 0 Å². The molecule has 0 fully saturated rings. The van der Waals surface area contributed by atoms with E-state index in [2.05, 4.69) is 0 Å². The normalized spacial score (nSPS) is 11.6. The first kappa shape index (κ1) is 22.1. The lowest BCUT2D eigenvalue weighted by atomic mass is 10.4. The average molecular weight is 491 g/mol. The van der Waals surface area contributed by atoms with E-state index in [1.165, 1.54) is 36.4 Å². The van der Waals surface area contributed by atoms with Crippen molar-refractivity contribution in [3.8, 4) is 0 Å². The van der Waals surface area contributed by atoms with E-state index in [-0.39, 0.29) is 29.9 Å². The van der Waals surface area contributed by atoms with Crippen LogP contribution in [0.15, 0.2) is 46.2 Å². The molecule has 132 valence electrons. The summed E-state index contributed by atoms with van der Waals surface area (Å²) in [5.41, 5.74) is 0. The van der Waals surface area contributed by atoms with Gasteiger partial charge < -0.3 is 0 Å². The number of benzene rings is 2. The highest BCUT2D eigenvalue weighted by Gasteiger charge is 2.15. The van der Waals surface area contributed by atoms with Gasteiger partial charge in [0.15, 0.2) is 0 Å². The summed E-state index contributed by atoms with van der Waals surface area (Å²) < 4.78 is 43.2. The summed E-state index contributed by atoms with van der Waals surface area (Å²) in [4.78, 5) is -0.264. The van der Waals surface area contributed by atoms with Crippen LogP contribution in [0.25, 0.3) is 0 Å². The Balaban J connectivity index is 0.000000240. The van der Waals surface area contributed by atoms with Crippen LogP contribution in [0.1, 0.15) is 0 Å². The maximum Gasteiger partial charge on any atom is 0.262 e. The van der Waals surface area contributed by atoms with E-state index in [0.29, 0.717) is 0 Å². The van der Waals surface area contributed by atoms with Gasteiger partial charge in [0.25, 0.3) is 18.1 Å². The number of halogens is 6. The standard InChI is InChI=1S/2C6H3Cl3O2S/c7-4-1-5(8)3-6(2-4)12(9,10)11;7-4-2-1-3-5(6(4)8)12(9,10)11/h2*1-3H. The third-order valence-electron chi connectivity index (χ3n) is 2.30. The highest BCUT2D eigenvalue weighted by atomic mass is 35.7. The van der Waals surface area contributed by atoms with Crippen molar-refractivity contribution in [2.24, 2.45) is 0 Å². The van der Waals surface area contributed by atoms with E-state index < -0.39 is 18.1 Å². The minimum atomic E-state index is -3.80. The number of rotatable bonds is 2. The average Bonchev–Trinajstić information content (AvgIpc) is 2.39. The van der Waals surface area contributed by atoms with Crippen LogP contribution in [0, 0.1) is 0 Å². The molecule has 0 aliphatic rings. The summed E-state index contributed by atoms with van der Waals surface area (Å²) >= 11 is 22.2. The molecule has 0 aliphatic heterocycles. The molecule has 0 spiro atoms. The van der Waals surface area contributed by atoms with Crippen LogP contribution in [-0.2, 0) is 18.1 Å². The summed E-state index contributed by atoms with van der Waals surface area (Å²) in [5.74, 6) is 0. The summed E-state index contributed by atoms with van der Waals surface area (Å²) in [5, 5.41) is 0.594. The molecule has 0 saturated carbocycles. The Morgan fingerprint density at radius 3 is 1.58 bits per heavy atom. The summed E-state index contributed by atoms with van der Waals surface area (Å²) in [7, 11) is 2.58. The molecule has 0 atom stereocenters.